The van der Waals surface area contributed by atoms with Crippen molar-refractivity contribution in [1.82, 2.24) is 25.0 Å². The van der Waals surface area contributed by atoms with Gasteiger partial charge >= 0.3 is 0 Å². The highest BCUT2D eigenvalue weighted by Gasteiger charge is 2.27. The molecule has 7 nitrogen and oxygen atoms in total. The first-order chi connectivity index (χ1) is 10.3. The summed E-state index contributed by atoms with van der Waals surface area (Å²) in [6, 6.07) is 7.96. The summed E-state index contributed by atoms with van der Waals surface area (Å²) in [7, 11) is 0. The van der Waals surface area contributed by atoms with E-state index in [0.29, 0.717) is 12.2 Å². The lowest BCUT2D eigenvalue weighted by Crippen LogP contribution is -2.22. The largest absolute Gasteiger partial charge is 0.311 e. The standard InChI is InChI=1S/C14H12N6O/c21-13-5-11(12-6-16-19-14(12)18-13)9-1-3-10(4-2-9)20-8-15-7-17-20/h1-4,6-8,11H,5H2,(H2,16,18,19,21)/t11-/m1/s1. The summed E-state index contributed by atoms with van der Waals surface area (Å²) in [6.45, 7) is 0. The highest BCUT2D eigenvalue weighted by molar-refractivity contribution is 5.94. The molecule has 0 saturated heterocycles. The minimum absolute atomic E-state index is 0.00268. The van der Waals surface area contributed by atoms with Crippen LogP contribution in [0.4, 0.5) is 5.82 Å². The molecule has 1 atom stereocenters. The average Bonchev–Trinajstić information content (AvgIpc) is 3.17. The number of fused-ring (bicyclic) bond motifs is 1. The van der Waals surface area contributed by atoms with Crippen molar-refractivity contribution in [2.75, 3.05) is 5.32 Å². The topological polar surface area (TPSA) is 88.5 Å². The van der Waals surface area contributed by atoms with Gasteiger partial charge in [0.25, 0.3) is 0 Å². The number of benzene rings is 1. The minimum Gasteiger partial charge on any atom is -0.311 e. The fourth-order valence-corrected chi connectivity index (χ4v) is 2.64. The third-order valence-electron chi connectivity index (χ3n) is 3.68. The highest BCUT2D eigenvalue weighted by atomic mass is 16.1. The zero-order chi connectivity index (χ0) is 14.2. The predicted molar refractivity (Wildman–Crippen MR) is 75.0 cm³/mol. The van der Waals surface area contributed by atoms with E-state index in [9.17, 15) is 4.79 Å². The number of rotatable bonds is 2. The third kappa shape index (κ3) is 1.99. The molecule has 1 aliphatic heterocycles. The van der Waals surface area contributed by atoms with Gasteiger partial charge in [0, 0.05) is 17.9 Å². The molecule has 3 aromatic rings. The second-order valence-electron chi connectivity index (χ2n) is 4.94. The van der Waals surface area contributed by atoms with E-state index in [1.807, 2.05) is 24.3 Å². The first-order valence-corrected chi connectivity index (χ1v) is 6.59. The Bertz CT molecular complexity index is 774. The zero-order valence-corrected chi connectivity index (χ0v) is 11.0. The molecule has 0 fully saturated rings. The van der Waals surface area contributed by atoms with E-state index in [1.165, 1.54) is 6.33 Å². The van der Waals surface area contributed by atoms with Gasteiger partial charge in [-0.1, -0.05) is 12.1 Å². The summed E-state index contributed by atoms with van der Waals surface area (Å²) < 4.78 is 1.70. The van der Waals surface area contributed by atoms with Crippen molar-refractivity contribution >= 4 is 11.7 Å². The zero-order valence-electron chi connectivity index (χ0n) is 11.0. The fourth-order valence-electron chi connectivity index (χ4n) is 2.64. The van der Waals surface area contributed by atoms with Crippen molar-refractivity contribution in [2.24, 2.45) is 0 Å². The lowest BCUT2D eigenvalue weighted by Gasteiger charge is -2.22. The molecule has 1 aromatic carbocycles. The van der Waals surface area contributed by atoms with E-state index in [1.54, 1.807) is 17.2 Å². The van der Waals surface area contributed by atoms with E-state index in [0.717, 1.165) is 16.8 Å². The van der Waals surface area contributed by atoms with Gasteiger partial charge in [-0.25, -0.2) is 9.67 Å². The molecular weight excluding hydrogens is 268 g/mol. The Hall–Kier alpha value is -2.96. The van der Waals surface area contributed by atoms with Crippen molar-refractivity contribution in [2.45, 2.75) is 12.3 Å². The number of carbonyl (C=O) groups excluding carboxylic acids is 1. The molecular formula is C14H12N6O. The van der Waals surface area contributed by atoms with E-state index in [2.05, 4.69) is 25.6 Å². The molecule has 0 unspecified atom stereocenters. The van der Waals surface area contributed by atoms with Gasteiger partial charge in [0.05, 0.1) is 11.9 Å². The molecule has 7 heteroatoms. The summed E-state index contributed by atoms with van der Waals surface area (Å²) >= 11 is 0. The van der Waals surface area contributed by atoms with Crippen molar-refractivity contribution in [3.05, 3.63) is 54.2 Å². The van der Waals surface area contributed by atoms with Crippen molar-refractivity contribution in [1.29, 1.82) is 0 Å². The van der Waals surface area contributed by atoms with E-state index >= 15 is 0 Å². The van der Waals surface area contributed by atoms with Gasteiger partial charge in [0.1, 0.15) is 18.5 Å². The number of aromatic amines is 1. The van der Waals surface area contributed by atoms with Gasteiger partial charge in [-0.2, -0.15) is 10.2 Å². The fraction of sp³-hybridized carbons (Fsp3) is 0.143. The molecule has 21 heavy (non-hydrogen) atoms. The van der Waals surface area contributed by atoms with Crippen LogP contribution in [0.1, 0.15) is 23.5 Å². The summed E-state index contributed by atoms with van der Waals surface area (Å²) in [5.41, 5.74) is 3.03. The van der Waals surface area contributed by atoms with Gasteiger partial charge in [-0.05, 0) is 17.7 Å². The monoisotopic (exact) mass is 280 g/mol. The Morgan fingerprint density at radius 2 is 2.10 bits per heavy atom. The van der Waals surface area contributed by atoms with Crippen LogP contribution in [0.3, 0.4) is 0 Å². The summed E-state index contributed by atoms with van der Waals surface area (Å²) in [5, 5.41) is 13.7. The van der Waals surface area contributed by atoms with Crippen LogP contribution in [0.5, 0.6) is 0 Å². The smallest absolute Gasteiger partial charge is 0.226 e. The number of hydrogen-bond donors (Lipinski definition) is 2. The Morgan fingerprint density at radius 3 is 2.86 bits per heavy atom. The van der Waals surface area contributed by atoms with Crippen LogP contribution in [-0.4, -0.2) is 30.9 Å². The van der Waals surface area contributed by atoms with E-state index < -0.39 is 0 Å². The Morgan fingerprint density at radius 1 is 1.24 bits per heavy atom. The van der Waals surface area contributed by atoms with Gasteiger partial charge < -0.3 is 5.32 Å². The minimum atomic E-state index is -0.00268. The number of aromatic nitrogens is 5. The molecule has 3 heterocycles. The van der Waals surface area contributed by atoms with Gasteiger partial charge in [-0.15, -0.1) is 0 Å². The van der Waals surface area contributed by atoms with Crippen molar-refractivity contribution in [3.8, 4) is 5.69 Å². The summed E-state index contributed by atoms with van der Waals surface area (Å²) in [6.07, 6.45) is 5.34. The van der Waals surface area contributed by atoms with E-state index in [4.69, 9.17) is 0 Å². The number of H-pyrrole nitrogens is 1. The molecule has 0 aliphatic carbocycles. The maximum absolute atomic E-state index is 11.8. The Kier molecular flexibility index (Phi) is 2.56. The lowest BCUT2D eigenvalue weighted by molar-refractivity contribution is -0.116. The quantitative estimate of drug-likeness (QED) is 0.744. The number of nitrogens with zero attached hydrogens (tertiary/aromatic N) is 4. The predicted octanol–water partition coefficient (Wildman–Crippen LogP) is 1.46. The Balaban J connectivity index is 1.70. The number of nitrogens with one attached hydrogen (secondary N) is 2. The Labute approximate surface area is 120 Å². The number of carbonyl (C=O) groups is 1. The highest BCUT2D eigenvalue weighted by Crippen LogP contribution is 2.35. The SMILES string of the molecule is O=C1C[C@H](c2ccc(-n3cncn3)cc2)c2cn[nH]c2N1. The average molecular weight is 280 g/mol. The van der Waals surface area contributed by atoms with Crippen molar-refractivity contribution < 1.29 is 4.79 Å². The molecule has 104 valence electrons. The molecule has 1 amide bonds. The molecule has 4 rings (SSSR count). The third-order valence-corrected chi connectivity index (χ3v) is 3.68. The van der Waals surface area contributed by atoms with E-state index in [-0.39, 0.29) is 11.8 Å². The molecule has 2 aromatic heterocycles. The first kappa shape index (κ1) is 11.8. The molecule has 1 aliphatic rings. The van der Waals surface area contributed by atoms with Crippen LogP contribution in [-0.2, 0) is 4.79 Å². The first-order valence-electron chi connectivity index (χ1n) is 6.59. The normalized spacial score (nSPS) is 17.3. The number of anilines is 1. The van der Waals surface area contributed by atoms with Gasteiger partial charge in [0.2, 0.25) is 5.91 Å². The molecule has 0 bridgehead atoms. The second-order valence-corrected chi connectivity index (χ2v) is 4.94. The van der Waals surface area contributed by atoms with Crippen LogP contribution in [0.2, 0.25) is 0 Å². The summed E-state index contributed by atoms with van der Waals surface area (Å²) in [4.78, 5) is 15.7. The van der Waals surface area contributed by atoms with Crippen molar-refractivity contribution in [3.63, 3.8) is 0 Å². The second kappa shape index (κ2) is 4.55. The number of hydrogen-bond acceptors (Lipinski definition) is 4. The molecule has 2 N–H and O–H groups in total. The van der Waals surface area contributed by atoms with Crippen LogP contribution in [0.25, 0.3) is 5.69 Å². The maximum Gasteiger partial charge on any atom is 0.226 e. The molecule has 0 saturated carbocycles. The van der Waals surface area contributed by atoms with Crippen LogP contribution in [0, 0.1) is 0 Å². The molecule has 0 spiro atoms. The lowest BCUT2D eigenvalue weighted by atomic mass is 9.87. The van der Waals surface area contributed by atoms with Gasteiger partial charge in [0.15, 0.2) is 0 Å². The molecule has 0 radical (unpaired) electrons. The van der Waals surface area contributed by atoms with Crippen LogP contribution >= 0.6 is 0 Å². The van der Waals surface area contributed by atoms with Crippen LogP contribution in [0.15, 0.2) is 43.1 Å². The van der Waals surface area contributed by atoms with Crippen LogP contribution < -0.4 is 5.32 Å². The van der Waals surface area contributed by atoms with Gasteiger partial charge in [-0.3, -0.25) is 9.89 Å². The number of amides is 1. The maximum atomic E-state index is 11.8. The summed E-state index contributed by atoms with van der Waals surface area (Å²) in [5.74, 6) is 0.714.